The number of nitrogens with zero attached hydrogens (tertiary/aromatic N) is 1. The number of ether oxygens (including phenoxy) is 2. The van der Waals surface area contributed by atoms with Crippen molar-refractivity contribution in [3.05, 3.63) is 83.8 Å². The van der Waals surface area contributed by atoms with Gasteiger partial charge < -0.3 is 18.8 Å². The lowest BCUT2D eigenvalue weighted by molar-refractivity contribution is -0.132. The smallest absolute Gasteiger partial charge is 0.223 e. The van der Waals surface area contributed by atoms with Gasteiger partial charge in [-0.2, -0.15) is 0 Å². The molecule has 0 bridgehead atoms. The Morgan fingerprint density at radius 2 is 1.61 bits per heavy atom. The zero-order valence-corrected chi connectivity index (χ0v) is 16.3. The van der Waals surface area contributed by atoms with Crippen molar-refractivity contribution in [3.8, 4) is 11.5 Å². The summed E-state index contributed by atoms with van der Waals surface area (Å²) in [6.07, 6.45) is 2.63. The molecule has 0 aliphatic carbocycles. The molecular formula is C23H25NO4. The van der Waals surface area contributed by atoms with E-state index in [2.05, 4.69) is 0 Å². The van der Waals surface area contributed by atoms with E-state index in [1.807, 2.05) is 65.6 Å². The molecule has 146 valence electrons. The van der Waals surface area contributed by atoms with Gasteiger partial charge in [0.1, 0.15) is 17.3 Å². The van der Waals surface area contributed by atoms with Crippen molar-refractivity contribution in [1.29, 1.82) is 0 Å². The second kappa shape index (κ2) is 9.65. The minimum atomic E-state index is 0.0713. The largest absolute Gasteiger partial charge is 0.497 e. The molecular weight excluding hydrogens is 354 g/mol. The number of rotatable bonds is 9. The minimum Gasteiger partial charge on any atom is -0.497 e. The van der Waals surface area contributed by atoms with Crippen LogP contribution < -0.4 is 9.47 Å². The summed E-state index contributed by atoms with van der Waals surface area (Å²) in [6, 6.07) is 19.4. The first-order valence-electron chi connectivity index (χ1n) is 9.24. The van der Waals surface area contributed by atoms with E-state index in [1.165, 1.54) is 0 Å². The maximum Gasteiger partial charge on any atom is 0.223 e. The van der Waals surface area contributed by atoms with Gasteiger partial charge >= 0.3 is 0 Å². The molecule has 28 heavy (non-hydrogen) atoms. The van der Waals surface area contributed by atoms with Crippen molar-refractivity contribution in [2.75, 3.05) is 14.2 Å². The normalized spacial score (nSPS) is 10.5. The van der Waals surface area contributed by atoms with Crippen molar-refractivity contribution >= 4 is 5.91 Å². The van der Waals surface area contributed by atoms with Crippen LogP contribution in [0.1, 0.15) is 23.3 Å². The first-order valence-corrected chi connectivity index (χ1v) is 9.24. The Balaban J connectivity index is 1.70. The zero-order chi connectivity index (χ0) is 19.8. The molecule has 0 saturated heterocycles. The number of methoxy groups -OCH3 is 2. The highest BCUT2D eigenvalue weighted by atomic mass is 16.5. The highest BCUT2D eigenvalue weighted by Crippen LogP contribution is 2.23. The van der Waals surface area contributed by atoms with Gasteiger partial charge in [-0.1, -0.05) is 30.3 Å². The monoisotopic (exact) mass is 379 g/mol. The maximum atomic E-state index is 13.0. The van der Waals surface area contributed by atoms with Gasteiger partial charge in [0, 0.05) is 19.0 Å². The van der Waals surface area contributed by atoms with Crippen molar-refractivity contribution < 1.29 is 18.7 Å². The molecule has 1 heterocycles. The molecule has 3 rings (SSSR count). The van der Waals surface area contributed by atoms with Crippen LogP contribution in [0, 0.1) is 0 Å². The molecule has 0 radical (unpaired) electrons. The molecule has 0 unspecified atom stereocenters. The van der Waals surface area contributed by atoms with Crippen LogP contribution in [0.5, 0.6) is 11.5 Å². The number of carbonyl (C=O) groups excluding carboxylic acids is 1. The van der Waals surface area contributed by atoms with Crippen molar-refractivity contribution in [2.45, 2.75) is 25.9 Å². The zero-order valence-electron chi connectivity index (χ0n) is 16.3. The molecule has 0 spiro atoms. The molecule has 1 aromatic heterocycles. The molecule has 0 aliphatic rings. The number of carbonyl (C=O) groups is 1. The highest BCUT2D eigenvalue weighted by molar-refractivity contribution is 5.76. The number of hydrogen-bond acceptors (Lipinski definition) is 4. The molecule has 0 N–H and O–H groups in total. The number of benzene rings is 2. The van der Waals surface area contributed by atoms with E-state index in [-0.39, 0.29) is 5.91 Å². The fourth-order valence-electron chi connectivity index (χ4n) is 3.05. The number of aryl methyl sites for hydroxylation is 1. The lowest BCUT2D eigenvalue weighted by Crippen LogP contribution is -2.30. The molecule has 0 atom stereocenters. The summed E-state index contributed by atoms with van der Waals surface area (Å²) in [5.74, 6) is 2.28. The van der Waals surface area contributed by atoms with Gasteiger partial charge in [-0.25, -0.2) is 0 Å². The van der Waals surface area contributed by atoms with Gasteiger partial charge in [-0.3, -0.25) is 4.79 Å². The Morgan fingerprint density at radius 3 is 2.21 bits per heavy atom. The van der Waals surface area contributed by atoms with Gasteiger partial charge in [0.2, 0.25) is 5.91 Å². The van der Waals surface area contributed by atoms with E-state index in [9.17, 15) is 4.79 Å². The molecule has 1 amide bonds. The standard InChI is InChI=1S/C23H25NO4/c1-26-21-13-19(14-22(15-21)27-2)10-11-23(25)24(17-20-9-6-12-28-20)16-18-7-4-3-5-8-18/h3-9,12-15H,10-11,16-17H2,1-2H3. The number of hydrogen-bond donors (Lipinski definition) is 0. The van der Waals surface area contributed by atoms with Gasteiger partial charge in [-0.15, -0.1) is 0 Å². The van der Waals surface area contributed by atoms with E-state index in [4.69, 9.17) is 13.9 Å². The average Bonchev–Trinajstić information content (AvgIpc) is 3.25. The first kappa shape index (κ1) is 19.5. The third-order valence-electron chi connectivity index (χ3n) is 4.53. The second-order valence-electron chi connectivity index (χ2n) is 6.54. The fourth-order valence-corrected chi connectivity index (χ4v) is 3.05. The second-order valence-corrected chi connectivity index (χ2v) is 6.54. The van der Waals surface area contributed by atoms with Crippen LogP contribution >= 0.6 is 0 Å². The number of furan rings is 1. The highest BCUT2D eigenvalue weighted by Gasteiger charge is 2.16. The van der Waals surface area contributed by atoms with E-state index in [0.717, 1.165) is 28.4 Å². The maximum absolute atomic E-state index is 13.0. The predicted octanol–water partition coefficient (Wildman–Crippen LogP) is 4.46. The first-order chi connectivity index (χ1) is 13.7. The lowest BCUT2D eigenvalue weighted by Gasteiger charge is -2.22. The molecule has 5 heteroatoms. The predicted molar refractivity (Wildman–Crippen MR) is 107 cm³/mol. The van der Waals surface area contributed by atoms with Crippen LogP contribution in [0.2, 0.25) is 0 Å². The van der Waals surface area contributed by atoms with Gasteiger partial charge in [-0.05, 0) is 41.8 Å². The Hall–Kier alpha value is -3.21. The van der Waals surface area contributed by atoms with Crippen LogP contribution in [0.4, 0.5) is 0 Å². The summed E-state index contributed by atoms with van der Waals surface area (Å²) in [5, 5.41) is 0. The Morgan fingerprint density at radius 1 is 0.893 bits per heavy atom. The van der Waals surface area contributed by atoms with E-state index in [0.29, 0.717) is 25.9 Å². The minimum absolute atomic E-state index is 0.0713. The molecule has 3 aromatic rings. The quantitative estimate of drug-likeness (QED) is 0.551. The van der Waals surface area contributed by atoms with E-state index >= 15 is 0 Å². The Kier molecular flexibility index (Phi) is 6.73. The Bertz CT molecular complexity index is 853. The SMILES string of the molecule is COc1cc(CCC(=O)N(Cc2ccccc2)Cc2ccco2)cc(OC)c1. The van der Waals surface area contributed by atoms with E-state index < -0.39 is 0 Å². The van der Waals surface area contributed by atoms with Crippen molar-refractivity contribution in [3.63, 3.8) is 0 Å². The van der Waals surface area contributed by atoms with Crippen LogP contribution in [0.15, 0.2) is 71.3 Å². The average molecular weight is 379 g/mol. The van der Waals surface area contributed by atoms with E-state index in [1.54, 1.807) is 20.5 Å². The third-order valence-corrected chi connectivity index (χ3v) is 4.53. The molecule has 0 aliphatic heterocycles. The van der Waals surface area contributed by atoms with Gasteiger partial charge in [0.25, 0.3) is 0 Å². The fraction of sp³-hybridized carbons (Fsp3) is 0.261. The van der Waals surface area contributed by atoms with Gasteiger partial charge in [0.15, 0.2) is 0 Å². The molecule has 2 aromatic carbocycles. The number of amides is 1. The molecule has 0 fully saturated rings. The summed E-state index contributed by atoms with van der Waals surface area (Å²) in [4.78, 5) is 14.8. The Labute approximate surface area is 165 Å². The van der Waals surface area contributed by atoms with Crippen LogP contribution in [0.3, 0.4) is 0 Å². The van der Waals surface area contributed by atoms with Crippen LogP contribution in [-0.2, 0) is 24.3 Å². The third kappa shape index (κ3) is 5.39. The summed E-state index contributed by atoms with van der Waals surface area (Å²) < 4.78 is 16.1. The lowest BCUT2D eigenvalue weighted by atomic mass is 10.1. The molecule has 0 saturated carbocycles. The van der Waals surface area contributed by atoms with Crippen molar-refractivity contribution in [2.24, 2.45) is 0 Å². The summed E-state index contributed by atoms with van der Waals surface area (Å²) in [6.45, 7) is 0.990. The van der Waals surface area contributed by atoms with Crippen LogP contribution in [0.25, 0.3) is 0 Å². The summed E-state index contributed by atoms with van der Waals surface area (Å²) >= 11 is 0. The summed E-state index contributed by atoms with van der Waals surface area (Å²) in [5.41, 5.74) is 2.09. The van der Waals surface area contributed by atoms with Crippen molar-refractivity contribution in [1.82, 2.24) is 4.90 Å². The van der Waals surface area contributed by atoms with Gasteiger partial charge in [0.05, 0.1) is 27.0 Å². The van der Waals surface area contributed by atoms with Crippen LogP contribution in [-0.4, -0.2) is 25.0 Å². The topological polar surface area (TPSA) is 51.9 Å². The molecule has 5 nitrogen and oxygen atoms in total. The summed E-state index contributed by atoms with van der Waals surface area (Å²) in [7, 11) is 3.24.